The molecule has 0 aromatic heterocycles. The lowest BCUT2D eigenvalue weighted by atomic mass is 10.2. The van der Waals surface area contributed by atoms with Crippen molar-refractivity contribution >= 4 is 16.3 Å². The van der Waals surface area contributed by atoms with Crippen LogP contribution >= 0.6 is 0 Å². The lowest BCUT2D eigenvalue weighted by Gasteiger charge is -2.13. The highest BCUT2D eigenvalue weighted by Gasteiger charge is 2.19. The van der Waals surface area contributed by atoms with Crippen LogP contribution in [0.1, 0.15) is 5.56 Å². The third-order valence-electron chi connectivity index (χ3n) is 2.06. The Labute approximate surface area is 89.6 Å². The van der Waals surface area contributed by atoms with Crippen LogP contribution in [0.3, 0.4) is 0 Å². The van der Waals surface area contributed by atoms with Crippen LogP contribution in [0, 0.1) is 6.92 Å². The van der Waals surface area contributed by atoms with Crippen molar-refractivity contribution in [1.29, 1.82) is 0 Å². The summed E-state index contributed by atoms with van der Waals surface area (Å²) in [7, 11) is -2.14. The van der Waals surface area contributed by atoms with Crippen molar-refractivity contribution < 1.29 is 13.2 Å². The smallest absolute Gasteiger partial charge is 0.243 e. The molecule has 0 fully saturated rings. The Morgan fingerprint density at radius 1 is 1.27 bits per heavy atom. The summed E-state index contributed by atoms with van der Waals surface area (Å²) in [5.74, 6) is 0. The van der Waals surface area contributed by atoms with Crippen LogP contribution in [-0.2, 0) is 14.8 Å². The molecule has 0 unspecified atom stereocenters. The van der Waals surface area contributed by atoms with Gasteiger partial charge in [-0.3, -0.25) is 0 Å². The molecule has 0 aliphatic rings. The average molecular weight is 227 g/mol. The zero-order valence-electron chi connectivity index (χ0n) is 8.67. The summed E-state index contributed by atoms with van der Waals surface area (Å²) in [5, 5.41) is 0. The highest BCUT2D eigenvalue weighted by molar-refractivity contribution is 7.89. The number of hydrogen-bond acceptors (Lipinski definition) is 3. The number of aldehydes is 1. The van der Waals surface area contributed by atoms with E-state index in [1.165, 1.54) is 19.2 Å². The average Bonchev–Trinajstić information content (AvgIpc) is 2.18. The molecule has 0 radical (unpaired) electrons. The van der Waals surface area contributed by atoms with Crippen LogP contribution in [0.25, 0.3) is 0 Å². The van der Waals surface area contributed by atoms with E-state index in [0.717, 1.165) is 9.87 Å². The van der Waals surface area contributed by atoms with E-state index < -0.39 is 10.0 Å². The van der Waals surface area contributed by atoms with Gasteiger partial charge in [0.05, 0.1) is 11.4 Å². The summed E-state index contributed by atoms with van der Waals surface area (Å²) in [5.41, 5.74) is 0.993. The first-order valence-corrected chi connectivity index (χ1v) is 5.89. The van der Waals surface area contributed by atoms with Crippen molar-refractivity contribution in [2.24, 2.45) is 0 Å². The van der Waals surface area contributed by atoms with Crippen molar-refractivity contribution in [2.45, 2.75) is 11.8 Å². The molecule has 0 saturated heterocycles. The lowest BCUT2D eigenvalue weighted by Crippen LogP contribution is -2.28. The van der Waals surface area contributed by atoms with E-state index in [4.69, 9.17) is 0 Å². The minimum Gasteiger partial charge on any atom is -0.302 e. The van der Waals surface area contributed by atoms with E-state index in [1.54, 1.807) is 12.1 Å². The number of rotatable bonds is 4. The minimum atomic E-state index is -3.52. The van der Waals surface area contributed by atoms with Crippen molar-refractivity contribution in [3.05, 3.63) is 29.8 Å². The maximum absolute atomic E-state index is 11.8. The maximum atomic E-state index is 11.8. The van der Waals surface area contributed by atoms with Gasteiger partial charge in [-0.25, -0.2) is 8.42 Å². The molecular formula is C10H13NO3S. The van der Waals surface area contributed by atoms with Gasteiger partial charge in [-0.2, -0.15) is 4.31 Å². The number of aryl methyl sites for hydroxylation is 1. The third kappa shape index (κ3) is 2.64. The standard InChI is InChI=1S/C10H13NO3S/c1-9-3-5-10(6-4-9)15(13,14)11(2)7-8-12/h3-6,8H,7H2,1-2H3. The molecular weight excluding hydrogens is 214 g/mol. The summed E-state index contributed by atoms with van der Waals surface area (Å²) in [6.45, 7) is 1.75. The number of carbonyl (C=O) groups is 1. The SMILES string of the molecule is Cc1ccc(S(=O)(=O)N(C)CC=O)cc1. The van der Waals surface area contributed by atoms with Gasteiger partial charge in [-0.05, 0) is 19.1 Å². The number of benzene rings is 1. The monoisotopic (exact) mass is 227 g/mol. The largest absolute Gasteiger partial charge is 0.302 e. The van der Waals surface area contributed by atoms with Crippen molar-refractivity contribution in [1.82, 2.24) is 4.31 Å². The van der Waals surface area contributed by atoms with Gasteiger partial charge in [0.25, 0.3) is 0 Å². The molecule has 82 valence electrons. The van der Waals surface area contributed by atoms with Crippen LogP contribution in [0.5, 0.6) is 0 Å². The molecule has 1 aromatic carbocycles. The Morgan fingerprint density at radius 2 is 1.80 bits per heavy atom. The Kier molecular flexibility index (Phi) is 3.60. The number of carbonyl (C=O) groups excluding carboxylic acids is 1. The Morgan fingerprint density at radius 3 is 2.27 bits per heavy atom. The molecule has 0 amide bonds. The molecule has 5 heteroatoms. The Bertz CT molecular complexity index is 436. The van der Waals surface area contributed by atoms with Crippen LogP contribution in [-0.4, -0.2) is 32.6 Å². The highest BCUT2D eigenvalue weighted by atomic mass is 32.2. The molecule has 4 nitrogen and oxygen atoms in total. The van der Waals surface area contributed by atoms with Gasteiger partial charge in [-0.15, -0.1) is 0 Å². The number of nitrogens with zero attached hydrogens (tertiary/aromatic N) is 1. The van der Waals surface area contributed by atoms with E-state index in [0.29, 0.717) is 6.29 Å². The van der Waals surface area contributed by atoms with Crippen LogP contribution in [0.4, 0.5) is 0 Å². The fraction of sp³-hybridized carbons (Fsp3) is 0.300. The fourth-order valence-corrected chi connectivity index (χ4v) is 2.19. The number of sulfonamides is 1. The quantitative estimate of drug-likeness (QED) is 0.715. The second kappa shape index (κ2) is 4.55. The van der Waals surface area contributed by atoms with E-state index in [2.05, 4.69) is 0 Å². The van der Waals surface area contributed by atoms with Crippen molar-refractivity contribution in [2.75, 3.05) is 13.6 Å². The van der Waals surface area contributed by atoms with Crippen molar-refractivity contribution in [3.63, 3.8) is 0 Å². The second-order valence-corrected chi connectivity index (χ2v) is 5.31. The molecule has 0 spiro atoms. The van der Waals surface area contributed by atoms with Gasteiger partial charge in [0.1, 0.15) is 6.29 Å². The third-order valence-corrected chi connectivity index (χ3v) is 3.90. The lowest BCUT2D eigenvalue weighted by molar-refractivity contribution is -0.107. The summed E-state index contributed by atoms with van der Waals surface area (Å²) in [4.78, 5) is 10.4. The van der Waals surface area contributed by atoms with Crippen LogP contribution in [0.2, 0.25) is 0 Å². The molecule has 0 aliphatic heterocycles. The van der Waals surface area contributed by atoms with Gasteiger partial charge >= 0.3 is 0 Å². The predicted molar refractivity (Wildman–Crippen MR) is 57.1 cm³/mol. The fourth-order valence-electron chi connectivity index (χ4n) is 1.09. The zero-order chi connectivity index (χ0) is 11.5. The second-order valence-electron chi connectivity index (χ2n) is 3.27. The molecule has 1 aromatic rings. The Balaban J connectivity index is 3.06. The van der Waals surface area contributed by atoms with Gasteiger partial charge in [0, 0.05) is 7.05 Å². The molecule has 0 saturated carbocycles. The topological polar surface area (TPSA) is 54.5 Å². The van der Waals surface area contributed by atoms with E-state index >= 15 is 0 Å². The van der Waals surface area contributed by atoms with E-state index in [1.807, 2.05) is 6.92 Å². The summed E-state index contributed by atoms with van der Waals surface area (Å²) in [6, 6.07) is 6.52. The van der Waals surface area contributed by atoms with Crippen LogP contribution in [0.15, 0.2) is 29.2 Å². The van der Waals surface area contributed by atoms with E-state index in [9.17, 15) is 13.2 Å². The van der Waals surface area contributed by atoms with Gasteiger partial charge in [-0.1, -0.05) is 17.7 Å². The summed E-state index contributed by atoms with van der Waals surface area (Å²) >= 11 is 0. The van der Waals surface area contributed by atoms with E-state index in [-0.39, 0.29) is 11.4 Å². The molecule has 0 heterocycles. The number of hydrogen-bond donors (Lipinski definition) is 0. The molecule has 0 atom stereocenters. The molecule has 0 N–H and O–H groups in total. The van der Waals surface area contributed by atoms with Crippen LogP contribution < -0.4 is 0 Å². The molecule has 1 rings (SSSR count). The first-order valence-electron chi connectivity index (χ1n) is 4.45. The normalized spacial score (nSPS) is 11.7. The van der Waals surface area contributed by atoms with Gasteiger partial charge in [0.15, 0.2) is 0 Å². The molecule has 0 aliphatic carbocycles. The predicted octanol–water partition coefficient (Wildman–Crippen LogP) is 0.814. The van der Waals surface area contributed by atoms with Gasteiger partial charge < -0.3 is 4.79 Å². The zero-order valence-corrected chi connectivity index (χ0v) is 9.49. The Hall–Kier alpha value is -1.20. The molecule has 15 heavy (non-hydrogen) atoms. The first-order chi connectivity index (χ1) is 6.98. The molecule has 0 bridgehead atoms. The maximum Gasteiger partial charge on any atom is 0.243 e. The summed E-state index contributed by atoms with van der Waals surface area (Å²) < 4.78 is 24.6. The summed E-state index contributed by atoms with van der Waals surface area (Å²) in [6.07, 6.45) is 0.561. The highest BCUT2D eigenvalue weighted by Crippen LogP contribution is 2.14. The number of likely N-dealkylation sites (N-methyl/N-ethyl adjacent to an activating group) is 1. The minimum absolute atomic E-state index is 0.129. The van der Waals surface area contributed by atoms with Crippen molar-refractivity contribution in [3.8, 4) is 0 Å². The van der Waals surface area contributed by atoms with Gasteiger partial charge in [0.2, 0.25) is 10.0 Å². The first kappa shape index (κ1) is 11.9.